The molecule has 0 unspecified atom stereocenters. The minimum Gasteiger partial charge on any atom is -0.301 e. The minimum atomic E-state index is 1.16. The van der Waals surface area contributed by atoms with E-state index in [0.717, 1.165) is 3.79 Å². The molecule has 1 nitrogen and oxygen atoms in total. The number of para-hydroxylation sites is 2. The van der Waals surface area contributed by atoms with Gasteiger partial charge < -0.3 is 4.57 Å². The third kappa shape index (κ3) is 1.66. The average molecular weight is 328 g/mol. The molecular formula is C16H10BrNS. The summed E-state index contributed by atoms with van der Waals surface area (Å²) in [7, 11) is 0. The zero-order chi connectivity index (χ0) is 12.8. The monoisotopic (exact) mass is 327 g/mol. The summed E-state index contributed by atoms with van der Waals surface area (Å²) >= 11 is 5.31. The van der Waals surface area contributed by atoms with Crippen molar-refractivity contribution in [2.45, 2.75) is 0 Å². The molecule has 0 spiro atoms. The highest BCUT2D eigenvalue weighted by Gasteiger charge is 2.12. The van der Waals surface area contributed by atoms with E-state index in [-0.39, 0.29) is 0 Å². The molecule has 0 aliphatic rings. The van der Waals surface area contributed by atoms with Crippen LogP contribution in [0.2, 0.25) is 0 Å². The van der Waals surface area contributed by atoms with Crippen molar-refractivity contribution in [2.24, 2.45) is 0 Å². The molecule has 92 valence electrons. The maximum Gasteiger partial charge on any atom is 0.101 e. The molecule has 4 rings (SSSR count). The van der Waals surface area contributed by atoms with E-state index in [1.165, 1.54) is 26.8 Å². The van der Waals surface area contributed by atoms with Gasteiger partial charge in [0.25, 0.3) is 0 Å². The van der Waals surface area contributed by atoms with Crippen LogP contribution in [0.5, 0.6) is 0 Å². The predicted octanol–water partition coefficient (Wildman–Crippen LogP) is 5.61. The van der Waals surface area contributed by atoms with Gasteiger partial charge in [0.1, 0.15) is 5.00 Å². The summed E-state index contributed by atoms with van der Waals surface area (Å²) in [5, 5.41) is 3.86. The Balaban J connectivity index is 2.23. The van der Waals surface area contributed by atoms with Crippen LogP contribution in [0.3, 0.4) is 0 Å². The summed E-state index contributed by atoms with van der Waals surface area (Å²) in [6.45, 7) is 0. The zero-order valence-corrected chi connectivity index (χ0v) is 12.4. The first-order valence-corrected chi connectivity index (χ1v) is 7.69. The van der Waals surface area contributed by atoms with Crippen LogP contribution in [0.4, 0.5) is 0 Å². The van der Waals surface area contributed by atoms with E-state index in [2.05, 4.69) is 81.2 Å². The first kappa shape index (κ1) is 11.3. The van der Waals surface area contributed by atoms with E-state index in [4.69, 9.17) is 0 Å². The molecule has 0 amide bonds. The van der Waals surface area contributed by atoms with Gasteiger partial charge in [0.2, 0.25) is 0 Å². The van der Waals surface area contributed by atoms with Gasteiger partial charge in [0, 0.05) is 10.8 Å². The lowest BCUT2D eigenvalue weighted by Crippen LogP contribution is -1.89. The smallest absolute Gasteiger partial charge is 0.101 e. The summed E-state index contributed by atoms with van der Waals surface area (Å²) in [5.41, 5.74) is 2.52. The van der Waals surface area contributed by atoms with Gasteiger partial charge in [-0.2, -0.15) is 0 Å². The summed E-state index contributed by atoms with van der Waals surface area (Å²) in [6.07, 6.45) is 0. The van der Waals surface area contributed by atoms with Gasteiger partial charge in [-0.05, 0) is 40.2 Å². The van der Waals surface area contributed by atoms with E-state index in [9.17, 15) is 0 Å². The van der Waals surface area contributed by atoms with Gasteiger partial charge in [-0.15, -0.1) is 11.3 Å². The number of nitrogens with zero attached hydrogens (tertiary/aromatic N) is 1. The molecule has 0 saturated carbocycles. The van der Waals surface area contributed by atoms with E-state index in [0.29, 0.717) is 0 Å². The number of benzene rings is 2. The average Bonchev–Trinajstić information content (AvgIpc) is 3.00. The molecule has 0 radical (unpaired) electrons. The maximum absolute atomic E-state index is 3.55. The van der Waals surface area contributed by atoms with Gasteiger partial charge in [-0.1, -0.05) is 36.4 Å². The lowest BCUT2D eigenvalue weighted by molar-refractivity contribution is 1.22. The molecule has 0 bridgehead atoms. The fourth-order valence-corrected chi connectivity index (χ4v) is 3.97. The second kappa shape index (κ2) is 4.22. The minimum absolute atomic E-state index is 1.16. The number of halogens is 1. The van der Waals surface area contributed by atoms with E-state index in [1.807, 2.05) is 0 Å². The standard InChI is InChI=1S/C16H10BrNS/c17-15-9-10-16(19-15)18-13-7-3-1-5-11(13)12-6-2-4-8-14(12)18/h1-10H. The van der Waals surface area contributed by atoms with Crippen molar-refractivity contribution in [3.05, 3.63) is 64.5 Å². The lowest BCUT2D eigenvalue weighted by atomic mass is 10.2. The Morgan fingerprint density at radius 3 is 1.84 bits per heavy atom. The Morgan fingerprint density at radius 1 is 0.737 bits per heavy atom. The van der Waals surface area contributed by atoms with Crippen molar-refractivity contribution in [1.29, 1.82) is 0 Å². The van der Waals surface area contributed by atoms with E-state index in [1.54, 1.807) is 11.3 Å². The fourth-order valence-electron chi connectivity index (χ4n) is 2.58. The van der Waals surface area contributed by atoms with Crippen molar-refractivity contribution in [3.8, 4) is 5.00 Å². The number of thiophene rings is 1. The molecule has 0 atom stereocenters. The van der Waals surface area contributed by atoms with Crippen LogP contribution in [0.15, 0.2) is 64.5 Å². The molecule has 4 aromatic rings. The van der Waals surface area contributed by atoms with Crippen LogP contribution in [0.1, 0.15) is 0 Å². The molecule has 0 saturated heterocycles. The molecule has 2 aromatic carbocycles. The Kier molecular flexibility index (Phi) is 2.50. The van der Waals surface area contributed by atoms with E-state index >= 15 is 0 Å². The molecule has 2 heterocycles. The highest BCUT2D eigenvalue weighted by Crippen LogP contribution is 2.35. The highest BCUT2D eigenvalue weighted by atomic mass is 79.9. The Morgan fingerprint density at radius 2 is 1.32 bits per heavy atom. The first-order chi connectivity index (χ1) is 9.34. The summed E-state index contributed by atoms with van der Waals surface area (Å²) in [5.74, 6) is 0. The van der Waals surface area contributed by atoms with Gasteiger partial charge in [0.15, 0.2) is 0 Å². The second-order valence-electron chi connectivity index (χ2n) is 4.45. The van der Waals surface area contributed by atoms with Crippen LogP contribution in [0.25, 0.3) is 26.8 Å². The van der Waals surface area contributed by atoms with Crippen LogP contribution in [0, 0.1) is 0 Å². The zero-order valence-electron chi connectivity index (χ0n) is 10.0. The molecule has 0 aliphatic carbocycles. The first-order valence-electron chi connectivity index (χ1n) is 6.08. The molecule has 0 aliphatic heterocycles. The number of hydrogen-bond acceptors (Lipinski definition) is 1. The third-order valence-electron chi connectivity index (χ3n) is 3.36. The fraction of sp³-hybridized carbons (Fsp3) is 0. The number of aromatic nitrogens is 1. The van der Waals surface area contributed by atoms with Gasteiger partial charge in [-0.3, -0.25) is 0 Å². The predicted molar refractivity (Wildman–Crippen MR) is 86.4 cm³/mol. The van der Waals surface area contributed by atoms with Gasteiger partial charge in [0.05, 0.1) is 14.8 Å². The van der Waals surface area contributed by atoms with Crippen molar-refractivity contribution in [2.75, 3.05) is 0 Å². The maximum atomic E-state index is 3.55. The van der Waals surface area contributed by atoms with Crippen LogP contribution in [-0.2, 0) is 0 Å². The van der Waals surface area contributed by atoms with Crippen molar-refractivity contribution in [1.82, 2.24) is 4.57 Å². The molecule has 3 heteroatoms. The normalized spacial score (nSPS) is 11.4. The topological polar surface area (TPSA) is 4.93 Å². The third-order valence-corrected chi connectivity index (χ3v) is 4.97. The van der Waals surface area contributed by atoms with Crippen LogP contribution >= 0.6 is 27.3 Å². The van der Waals surface area contributed by atoms with Crippen LogP contribution in [-0.4, -0.2) is 4.57 Å². The quantitative estimate of drug-likeness (QED) is 0.428. The second-order valence-corrected chi connectivity index (χ2v) is 6.89. The number of hydrogen-bond donors (Lipinski definition) is 0. The molecule has 2 aromatic heterocycles. The highest BCUT2D eigenvalue weighted by molar-refractivity contribution is 9.11. The van der Waals surface area contributed by atoms with Gasteiger partial charge >= 0.3 is 0 Å². The number of rotatable bonds is 1. The molecule has 0 N–H and O–H groups in total. The molecular weight excluding hydrogens is 318 g/mol. The van der Waals surface area contributed by atoms with Crippen molar-refractivity contribution >= 4 is 49.1 Å². The van der Waals surface area contributed by atoms with Crippen molar-refractivity contribution in [3.63, 3.8) is 0 Å². The van der Waals surface area contributed by atoms with E-state index < -0.39 is 0 Å². The lowest BCUT2D eigenvalue weighted by Gasteiger charge is -2.03. The van der Waals surface area contributed by atoms with Crippen LogP contribution < -0.4 is 0 Å². The van der Waals surface area contributed by atoms with Crippen molar-refractivity contribution < 1.29 is 0 Å². The molecule has 19 heavy (non-hydrogen) atoms. The van der Waals surface area contributed by atoms with Gasteiger partial charge in [-0.25, -0.2) is 0 Å². The summed E-state index contributed by atoms with van der Waals surface area (Å²) in [6, 6.07) is 21.4. The summed E-state index contributed by atoms with van der Waals surface area (Å²) < 4.78 is 3.49. The SMILES string of the molecule is Brc1ccc(-n2c3ccccc3c3ccccc32)s1. The Bertz CT molecular complexity index is 835. The number of fused-ring (bicyclic) bond motifs is 3. The Labute approximate surface area is 123 Å². The largest absolute Gasteiger partial charge is 0.301 e. The summed E-state index contributed by atoms with van der Waals surface area (Å²) in [4.78, 5) is 0. The molecule has 0 fully saturated rings. The Hall–Kier alpha value is -1.58.